The molecule has 0 saturated carbocycles. The number of aromatic nitrogens is 2. The zero-order valence-electron chi connectivity index (χ0n) is 24.3. The Bertz CT molecular complexity index is 1860. The molecule has 0 fully saturated rings. The van der Waals surface area contributed by atoms with E-state index < -0.39 is 29.6 Å². The van der Waals surface area contributed by atoms with E-state index in [1.54, 1.807) is 67.7 Å². The van der Waals surface area contributed by atoms with Gasteiger partial charge in [0.2, 0.25) is 5.91 Å². The number of carbonyl (C=O) groups is 3. The highest BCUT2D eigenvalue weighted by Crippen LogP contribution is 2.31. The fourth-order valence-corrected chi connectivity index (χ4v) is 4.68. The molecule has 0 bridgehead atoms. The van der Waals surface area contributed by atoms with Crippen LogP contribution in [0.5, 0.6) is 0 Å². The van der Waals surface area contributed by atoms with Gasteiger partial charge < -0.3 is 15.5 Å². The Kier molecular flexibility index (Phi) is 8.89. The second-order valence-corrected chi connectivity index (χ2v) is 10.2. The van der Waals surface area contributed by atoms with Crippen molar-refractivity contribution in [2.75, 3.05) is 18.9 Å². The number of benzene rings is 3. The van der Waals surface area contributed by atoms with Gasteiger partial charge in [0.1, 0.15) is 11.9 Å². The van der Waals surface area contributed by atoms with Crippen molar-refractivity contribution < 1.29 is 27.6 Å². The lowest BCUT2D eigenvalue weighted by atomic mass is 10.0. The van der Waals surface area contributed by atoms with Gasteiger partial charge in [-0.05, 0) is 67.1 Å². The molecule has 228 valence electrons. The SMILES string of the molecule is CCN(C)C(=O)[C@@H](NC(=O)c1ccc2nc(NC(=O)c3cccnc3-c3ccc(C(F)(F)F)cc3)ccc2c1)c1ccccc1. The molecule has 1 atom stereocenters. The monoisotopic (exact) mass is 611 g/mol. The summed E-state index contributed by atoms with van der Waals surface area (Å²) >= 11 is 0. The molecule has 3 amide bonds. The van der Waals surface area contributed by atoms with Crippen molar-refractivity contribution in [2.24, 2.45) is 0 Å². The van der Waals surface area contributed by atoms with E-state index >= 15 is 0 Å². The summed E-state index contributed by atoms with van der Waals surface area (Å²) in [5, 5.41) is 6.19. The second-order valence-electron chi connectivity index (χ2n) is 10.2. The molecular weight excluding hydrogens is 583 g/mol. The number of amides is 3. The largest absolute Gasteiger partial charge is 0.416 e. The highest BCUT2D eigenvalue weighted by Gasteiger charge is 2.30. The summed E-state index contributed by atoms with van der Waals surface area (Å²) in [6.45, 7) is 2.33. The predicted molar refractivity (Wildman–Crippen MR) is 164 cm³/mol. The number of pyridine rings is 2. The Morgan fingerprint density at radius 3 is 2.29 bits per heavy atom. The number of rotatable bonds is 8. The van der Waals surface area contributed by atoms with E-state index in [0.29, 0.717) is 34.1 Å². The lowest BCUT2D eigenvalue weighted by molar-refractivity contribution is -0.137. The minimum Gasteiger partial charge on any atom is -0.344 e. The van der Waals surface area contributed by atoms with Crippen LogP contribution >= 0.6 is 0 Å². The Morgan fingerprint density at radius 1 is 0.867 bits per heavy atom. The smallest absolute Gasteiger partial charge is 0.344 e. The molecule has 2 aromatic heterocycles. The van der Waals surface area contributed by atoms with Crippen molar-refractivity contribution >= 4 is 34.4 Å². The summed E-state index contributed by atoms with van der Waals surface area (Å²) in [5.41, 5.74) is 1.41. The van der Waals surface area contributed by atoms with Gasteiger partial charge in [0.15, 0.2) is 0 Å². The predicted octanol–water partition coefficient (Wildman–Crippen LogP) is 6.52. The number of hydrogen-bond acceptors (Lipinski definition) is 5. The van der Waals surface area contributed by atoms with Crippen LogP contribution in [0.4, 0.5) is 19.0 Å². The van der Waals surface area contributed by atoms with Crippen molar-refractivity contribution in [2.45, 2.75) is 19.1 Å². The Morgan fingerprint density at radius 2 is 1.60 bits per heavy atom. The van der Waals surface area contributed by atoms with Crippen molar-refractivity contribution in [1.29, 1.82) is 0 Å². The maximum atomic E-state index is 13.3. The highest BCUT2D eigenvalue weighted by molar-refractivity contribution is 6.08. The van der Waals surface area contributed by atoms with Gasteiger partial charge in [0.05, 0.1) is 22.3 Å². The third kappa shape index (κ3) is 6.98. The third-order valence-electron chi connectivity index (χ3n) is 7.24. The summed E-state index contributed by atoms with van der Waals surface area (Å²) in [6, 6.07) is 23.7. The topological polar surface area (TPSA) is 104 Å². The van der Waals surface area contributed by atoms with Crippen LogP contribution in [0.3, 0.4) is 0 Å². The minimum atomic E-state index is -4.48. The van der Waals surface area contributed by atoms with Crippen LogP contribution < -0.4 is 10.6 Å². The zero-order valence-corrected chi connectivity index (χ0v) is 24.3. The van der Waals surface area contributed by atoms with E-state index in [1.165, 1.54) is 29.3 Å². The number of alkyl halides is 3. The van der Waals surface area contributed by atoms with Crippen LogP contribution in [-0.4, -0.2) is 46.2 Å². The normalized spacial score (nSPS) is 11.9. The lowest BCUT2D eigenvalue weighted by Crippen LogP contribution is -2.41. The zero-order chi connectivity index (χ0) is 32.1. The van der Waals surface area contributed by atoms with E-state index in [1.807, 2.05) is 13.0 Å². The van der Waals surface area contributed by atoms with Crippen LogP contribution in [0.1, 0.15) is 44.8 Å². The Labute approximate surface area is 256 Å². The molecule has 0 aliphatic heterocycles. The van der Waals surface area contributed by atoms with Gasteiger partial charge in [-0.15, -0.1) is 0 Å². The molecule has 2 heterocycles. The first-order valence-corrected chi connectivity index (χ1v) is 14.0. The summed E-state index contributed by atoms with van der Waals surface area (Å²) in [6.07, 6.45) is -3.03. The average molecular weight is 612 g/mol. The molecule has 0 aliphatic rings. The maximum Gasteiger partial charge on any atom is 0.416 e. The Balaban J connectivity index is 1.34. The van der Waals surface area contributed by atoms with Crippen LogP contribution in [0.2, 0.25) is 0 Å². The van der Waals surface area contributed by atoms with E-state index in [4.69, 9.17) is 0 Å². The van der Waals surface area contributed by atoms with Gasteiger partial charge in [-0.2, -0.15) is 13.2 Å². The van der Waals surface area contributed by atoms with Crippen molar-refractivity contribution in [1.82, 2.24) is 20.2 Å². The summed E-state index contributed by atoms with van der Waals surface area (Å²) < 4.78 is 39.0. The van der Waals surface area contributed by atoms with Gasteiger partial charge in [0.25, 0.3) is 11.8 Å². The molecule has 3 aromatic carbocycles. The fraction of sp³-hybridized carbons (Fsp3) is 0.147. The van der Waals surface area contributed by atoms with E-state index in [-0.39, 0.29) is 23.0 Å². The minimum absolute atomic E-state index is 0.155. The van der Waals surface area contributed by atoms with Gasteiger partial charge in [-0.1, -0.05) is 42.5 Å². The van der Waals surface area contributed by atoms with Crippen molar-refractivity contribution in [3.05, 3.63) is 126 Å². The summed E-state index contributed by atoms with van der Waals surface area (Å²) in [5.74, 6) is -0.998. The molecule has 45 heavy (non-hydrogen) atoms. The molecule has 2 N–H and O–H groups in total. The van der Waals surface area contributed by atoms with Gasteiger partial charge in [0, 0.05) is 36.3 Å². The first kappa shape index (κ1) is 30.9. The van der Waals surface area contributed by atoms with Crippen LogP contribution in [0.25, 0.3) is 22.2 Å². The number of fused-ring (bicyclic) bond motifs is 1. The van der Waals surface area contributed by atoms with Gasteiger partial charge in [-0.25, -0.2) is 4.98 Å². The molecule has 8 nitrogen and oxygen atoms in total. The van der Waals surface area contributed by atoms with E-state index in [9.17, 15) is 27.6 Å². The van der Waals surface area contributed by atoms with Gasteiger partial charge >= 0.3 is 6.18 Å². The summed E-state index contributed by atoms with van der Waals surface area (Å²) in [7, 11) is 1.67. The quantitative estimate of drug-likeness (QED) is 0.208. The molecule has 0 saturated heterocycles. The van der Waals surface area contributed by atoms with Crippen LogP contribution in [0.15, 0.2) is 103 Å². The molecule has 5 aromatic rings. The maximum absolute atomic E-state index is 13.3. The third-order valence-corrected chi connectivity index (χ3v) is 7.24. The first-order chi connectivity index (χ1) is 21.5. The van der Waals surface area contributed by atoms with Crippen molar-refractivity contribution in [3.63, 3.8) is 0 Å². The molecule has 0 spiro atoms. The number of hydrogen-bond donors (Lipinski definition) is 2. The molecule has 11 heteroatoms. The molecule has 0 unspecified atom stereocenters. The highest BCUT2D eigenvalue weighted by atomic mass is 19.4. The molecule has 5 rings (SSSR count). The first-order valence-electron chi connectivity index (χ1n) is 14.0. The Hall–Kier alpha value is -5.58. The van der Waals surface area contributed by atoms with Crippen molar-refractivity contribution in [3.8, 4) is 11.3 Å². The number of halogens is 3. The van der Waals surface area contributed by atoms with E-state index in [0.717, 1.165) is 12.1 Å². The van der Waals surface area contributed by atoms with Gasteiger partial charge in [-0.3, -0.25) is 19.4 Å². The number of nitrogens with one attached hydrogen (secondary N) is 2. The number of nitrogens with zero attached hydrogens (tertiary/aromatic N) is 3. The van der Waals surface area contributed by atoms with E-state index in [2.05, 4.69) is 20.6 Å². The molecule has 0 aliphatic carbocycles. The lowest BCUT2D eigenvalue weighted by Gasteiger charge is -2.24. The number of carbonyl (C=O) groups excluding carboxylic acids is 3. The standard InChI is InChI=1S/C34H28F3N5O3/c1-3-42(2)33(45)30(21-8-5-4-6-9-21)41-31(43)24-13-17-27-23(20-24)14-18-28(39-27)40-32(44)26-10-7-19-38-29(26)22-11-15-25(16-12-22)34(35,36)37/h4-20,30H,3H2,1-2H3,(H,41,43)(H,39,40,44)/t30-/m0/s1. The average Bonchev–Trinajstić information content (AvgIpc) is 3.06. The molecule has 0 radical (unpaired) electrons. The van der Waals surface area contributed by atoms with Crippen LogP contribution in [-0.2, 0) is 11.0 Å². The second kappa shape index (κ2) is 13.0. The number of likely N-dealkylation sites (N-methyl/N-ethyl adjacent to an activating group) is 1. The van der Waals surface area contributed by atoms with Crippen LogP contribution in [0, 0.1) is 0 Å². The fourth-order valence-electron chi connectivity index (χ4n) is 4.68. The molecular formula is C34H28F3N5O3. The number of anilines is 1. The summed E-state index contributed by atoms with van der Waals surface area (Å²) in [4.78, 5) is 49.8.